The quantitative estimate of drug-likeness (QED) is 0.739. The molecule has 88 valence electrons. The summed E-state index contributed by atoms with van der Waals surface area (Å²) in [6.07, 6.45) is 1.06. The molecular formula is C16H13NO. The number of benzene rings is 2. The number of aliphatic hydroxyl groups excluding tert-OH is 1. The maximum atomic E-state index is 10.4. The number of hydrogen-bond donors (Lipinski definition) is 1. The highest BCUT2D eigenvalue weighted by molar-refractivity contribution is 5.84. The van der Waals surface area contributed by atoms with Crippen molar-refractivity contribution in [3.05, 3.63) is 78.1 Å². The Kier molecular flexibility index (Phi) is 2.79. The second kappa shape index (κ2) is 4.59. The molecule has 0 spiro atoms. The van der Waals surface area contributed by atoms with Crippen molar-refractivity contribution in [3.63, 3.8) is 0 Å². The predicted octanol–water partition coefficient (Wildman–Crippen LogP) is 3.32. The van der Waals surface area contributed by atoms with Gasteiger partial charge in [-0.1, -0.05) is 54.6 Å². The molecular weight excluding hydrogens is 222 g/mol. The van der Waals surface area contributed by atoms with Crippen LogP contribution in [0.5, 0.6) is 0 Å². The summed E-state index contributed by atoms with van der Waals surface area (Å²) in [7, 11) is 0. The van der Waals surface area contributed by atoms with E-state index in [9.17, 15) is 5.11 Å². The van der Waals surface area contributed by atoms with E-state index in [1.54, 1.807) is 6.20 Å². The zero-order valence-electron chi connectivity index (χ0n) is 9.82. The molecule has 1 atom stereocenters. The van der Waals surface area contributed by atoms with Gasteiger partial charge in [0.05, 0.1) is 5.69 Å². The molecule has 0 saturated heterocycles. The molecule has 3 aromatic rings. The lowest BCUT2D eigenvalue weighted by Crippen LogP contribution is -2.02. The van der Waals surface area contributed by atoms with Gasteiger partial charge in [0.25, 0.3) is 0 Å². The lowest BCUT2D eigenvalue weighted by Gasteiger charge is -2.12. The standard InChI is InChI=1S/C16H13NO/c18-16(13-7-2-1-3-8-13)15-14-9-5-4-6-12(14)10-11-17-15/h1-11,16,18H/t16-/m0/s1. The van der Waals surface area contributed by atoms with Crippen LogP contribution in [-0.2, 0) is 0 Å². The third kappa shape index (κ3) is 1.87. The molecule has 18 heavy (non-hydrogen) atoms. The molecule has 0 fully saturated rings. The van der Waals surface area contributed by atoms with Crippen LogP contribution in [0.25, 0.3) is 10.8 Å². The number of aromatic nitrogens is 1. The molecule has 1 N–H and O–H groups in total. The minimum absolute atomic E-state index is 0.683. The van der Waals surface area contributed by atoms with E-state index >= 15 is 0 Å². The van der Waals surface area contributed by atoms with Crippen LogP contribution in [0.1, 0.15) is 17.4 Å². The van der Waals surface area contributed by atoms with Gasteiger partial charge in [-0.25, -0.2) is 0 Å². The Balaban J connectivity index is 2.15. The van der Waals surface area contributed by atoms with Gasteiger partial charge in [-0.3, -0.25) is 4.98 Å². The van der Waals surface area contributed by atoms with Gasteiger partial charge < -0.3 is 5.11 Å². The van der Waals surface area contributed by atoms with Crippen molar-refractivity contribution >= 4 is 10.8 Å². The van der Waals surface area contributed by atoms with Crippen LogP contribution >= 0.6 is 0 Å². The number of fused-ring (bicyclic) bond motifs is 1. The molecule has 3 rings (SSSR count). The maximum Gasteiger partial charge on any atom is 0.122 e. The van der Waals surface area contributed by atoms with Crippen LogP contribution in [0.2, 0.25) is 0 Å². The van der Waals surface area contributed by atoms with Crippen LogP contribution in [-0.4, -0.2) is 10.1 Å². The average Bonchev–Trinajstić information content (AvgIpc) is 2.47. The lowest BCUT2D eigenvalue weighted by atomic mass is 10.0. The molecule has 2 aromatic carbocycles. The predicted molar refractivity (Wildman–Crippen MR) is 72.2 cm³/mol. The number of rotatable bonds is 2. The number of aliphatic hydroxyl groups is 1. The molecule has 0 amide bonds. The molecule has 2 heteroatoms. The van der Waals surface area contributed by atoms with Gasteiger partial charge in [0.2, 0.25) is 0 Å². The topological polar surface area (TPSA) is 33.1 Å². The molecule has 0 saturated carbocycles. The highest BCUT2D eigenvalue weighted by Gasteiger charge is 2.14. The van der Waals surface area contributed by atoms with Crippen molar-refractivity contribution in [2.75, 3.05) is 0 Å². The van der Waals surface area contributed by atoms with E-state index in [1.807, 2.05) is 60.7 Å². The van der Waals surface area contributed by atoms with E-state index in [2.05, 4.69) is 4.98 Å². The van der Waals surface area contributed by atoms with Gasteiger partial charge in [0.1, 0.15) is 6.10 Å². The third-order valence-electron chi connectivity index (χ3n) is 3.08. The Morgan fingerprint density at radius 3 is 2.39 bits per heavy atom. The summed E-state index contributed by atoms with van der Waals surface area (Å²) in [4.78, 5) is 4.33. The van der Waals surface area contributed by atoms with Crippen molar-refractivity contribution in [2.24, 2.45) is 0 Å². The fraction of sp³-hybridized carbons (Fsp3) is 0.0625. The zero-order chi connectivity index (χ0) is 12.4. The Hall–Kier alpha value is -2.19. The van der Waals surface area contributed by atoms with E-state index in [-0.39, 0.29) is 0 Å². The van der Waals surface area contributed by atoms with Crippen molar-refractivity contribution in [1.29, 1.82) is 0 Å². The number of pyridine rings is 1. The first-order valence-corrected chi connectivity index (χ1v) is 5.93. The molecule has 0 radical (unpaired) electrons. The normalized spacial score (nSPS) is 12.5. The molecule has 0 aliphatic heterocycles. The fourth-order valence-electron chi connectivity index (χ4n) is 2.15. The van der Waals surface area contributed by atoms with Crippen molar-refractivity contribution in [1.82, 2.24) is 4.98 Å². The van der Waals surface area contributed by atoms with Crippen LogP contribution < -0.4 is 0 Å². The van der Waals surface area contributed by atoms with Crippen molar-refractivity contribution < 1.29 is 5.11 Å². The summed E-state index contributed by atoms with van der Waals surface area (Å²) >= 11 is 0. The molecule has 0 bridgehead atoms. The summed E-state index contributed by atoms with van der Waals surface area (Å²) < 4.78 is 0. The lowest BCUT2D eigenvalue weighted by molar-refractivity contribution is 0.217. The zero-order valence-corrected chi connectivity index (χ0v) is 9.82. The summed E-state index contributed by atoms with van der Waals surface area (Å²) in [6.45, 7) is 0. The summed E-state index contributed by atoms with van der Waals surface area (Å²) in [5.41, 5.74) is 1.57. The minimum atomic E-state index is -0.683. The van der Waals surface area contributed by atoms with Crippen LogP contribution in [0, 0.1) is 0 Å². The smallest absolute Gasteiger partial charge is 0.122 e. The Labute approximate surface area is 106 Å². The molecule has 1 heterocycles. The van der Waals surface area contributed by atoms with Gasteiger partial charge in [-0.15, -0.1) is 0 Å². The average molecular weight is 235 g/mol. The molecule has 1 aromatic heterocycles. The fourth-order valence-corrected chi connectivity index (χ4v) is 2.15. The molecule has 0 aliphatic carbocycles. The Morgan fingerprint density at radius 2 is 1.56 bits per heavy atom. The second-order valence-electron chi connectivity index (χ2n) is 4.23. The first kappa shape index (κ1) is 10.9. The van der Waals surface area contributed by atoms with Crippen molar-refractivity contribution in [2.45, 2.75) is 6.10 Å². The Morgan fingerprint density at radius 1 is 0.833 bits per heavy atom. The Bertz CT molecular complexity index is 659. The van der Waals surface area contributed by atoms with Crippen LogP contribution in [0.3, 0.4) is 0 Å². The third-order valence-corrected chi connectivity index (χ3v) is 3.08. The van der Waals surface area contributed by atoms with Crippen LogP contribution in [0.15, 0.2) is 66.9 Å². The number of nitrogens with zero attached hydrogens (tertiary/aromatic N) is 1. The molecule has 2 nitrogen and oxygen atoms in total. The minimum Gasteiger partial charge on any atom is -0.382 e. The summed E-state index contributed by atoms with van der Waals surface area (Å²) in [6, 6.07) is 19.5. The highest BCUT2D eigenvalue weighted by Crippen LogP contribution is 2.26. The highest BCUT2D eigenvalue weighted by atomic mass is 16.3. The second-order valence-corrected chi connectivity index (χ2v) is 4.23. The maximum absolute atomic E-state index is 10.4. The van der Waals surface area contributed by atoms with E-state index in [4.69, 9.17) is 0 Å². The van der Waals surface area contributed by atoms with Gasteiger partial charge in [0, 0.05) is 11.6 Å². The van der Waals surface area contributed by atoms with E-state index in [1.165, 1.54) is 0 Å². The SMILES string of the molecule is O[C@@H](c1ccccc1)c1nccc2ccccc12. The van der Waals surface area contributed by atoms with E-state index in [0.29, 0.717) is 5.69 Å². The first-order valence-electron chi connectivity index (χ1n) is 5.93. The van der Waals surface area contributed by atoms with Crippen LogP contribution in [0.4, 0.5) is 0 Å². The summed E-state index contributed by atoms with van der Waals surface area (Å²) in [5, 5.41) is 12.5. The molecule has 0 unspecified atom stereocenters. The van der Waals surface area contributed by atoms with Gasteiger partial charge in [-0.2, -0.15) is 0 Å². The van der Waals surface area contributed by atoms with E-state index in [0.717, 1.165) is 16.3 Å². The summed E-state index contributed by atoms with van der Waals surface area (Å²) in [5.74, 6) is 0. The number of hydrogen-bond acceptors (Lipinski definition) is 2. The van der Waals surface area contributed by atoms with E-state index < -0.39 is 6.10 Å². The van der Waals surface area contributed by atoms with Crippen molar-refractivity contribution in [3.8, 4) is 0 Å². The van der Waals surface area contributed by atoms with Gasteiger partial charge in [0.15, 0.2) is 0 Å². The molecule has 0 aliphatic rings. The largest absolute Gasteiger partial charge is 0.382 e. The monoisotopic (exact) mass is 235 g/mol. The first-order chi connectivity index (χ1) is 8.86. The van der Waals surface area contributed by atoms with Gasteiger partial charge in [-0.05, 0) is 17.0 Å². The van der Waals surface area contributed by atoms with Gasteiger partial charge >= 0.3 is 0 Å².